The molecule has 0 fully saturated rings. The maximum atomic E-state index is 8.34. The first-order chi connectivity index (χ1) is 7.39. The second kappa shape index (κ2) is 7.79. The number of nitrogens with two attached hydrogens (primary N) is 1. The van der Waals surface area contributed by atoms with E-state index in [0.717, 1.165) is 0 Å². The second-order valence-electron chi connectivity index (χ2n) is 6.16. The minimum atomic E-state index is -1.21. The van der Waals surface area contributed by atoms with Crippen molar-refractivity contribution in [3.63, 3.8) is 0 Å². The number of aliphatic hydroxyl groups excluding tert-OH is 3. The minimum Gasteiger partial charge on any atom is -0.459 e. The number of rotatable bonds is 5. The smallest absolute Gasteiger partial charge is 0.170 e. The Morgan fingerprint density at radius 3 is 1.29 bits per heavy atom. The molecule has 8 heteroatoms. The Balaban J connectivity index is 0. The fourth-order valence-electron chi connectivity index (χ4n) is 1.07. The van der Waals surface area contributed by atoms with E-state index in [-0.39, 0.29) is 0 Å². The van der Waals surface area contributed by atoms with Crippen LogP contribution in [0.25, 0.3) is 0 Å². The lowest BCUT2D eigenvalue weighted by Crippen LogP contribution is -2.50. The maximum absolute atomic E-state index is 8.34. The van der Waals surface area contributed by atoms with Gasteiger partial charge in [0.15, 0.2) is 8.32 Å². The first-order valence-corrected chi connectivity index (χ1v) is 15.5. The van der Waals surface area contributed by atoms with E-state index in [1.54, 1.807) is 0 Å². The van der Waals surface area contributed by atoms with E-state index in [0.29, 0.717) is 0 Å². The first kappa shape index (κ1) is 19.8. The van der Waals surface area contributed by atoms with Gasteiger partial charge in [-0.1, -0.05) is 0 Å². The molecule has 0 bridgehead atoms. The number of hydrogen-bond acceptors (Lipinski definition) is 5. The summed E-state index contributed by atoms with van der Waals surface area (Å²) in [6.07, 6.45) is 0. The molecule has 0 atom stereocenters. The SMILES string of the molecule is C[Si](C)(C)O[Si](C)(C)[SiH3].NC(CO)(CO)CO. The molecule has 0 aliphatic rings. The van der Waals surface area contributed by atoms with Gasteiger partial charge in [-0.05, 0) is 32.7 Å². The molecule has 0 aliphatic carbocycles. The van der Waals surface area contributed by atoms with Crippen LogP contribution in [-0.2, 0) is 4.12 Å². The fourth-order valence-corrected chi connectivity index (χ4v) is 13.9. The summed E-state index contributed by atoms with van der Waals surface area (Å²) >= 11 is 0. The molecule has 106 valence electrons. The van der Waals surface area contributed by atoms with Gasteiger partial charge < -0.3 is 25.2 Å². The zero-order valence-electron chi connectivity index (χ0n) is 11.9. The van der Waals surface area contributed by atoms with Crippen molar-refractivity contribution in [1.29, 1.82) is 0 Å². The van der Waals surface area contributed by atoms with Gasteiger partial charge in [-0.15, -0.1) is 0 Å². The molecular weight excluding hydrogens is 270 g/mol. The Morgan fingerprint density at radius 2 is 1.29 bits per heavy atom. The molecule has 0 aromatic carbocycles. The number of aliphatic hydroxyl groups is 3. The van der Waals surface area contributed by atoms with Crippen molar-refractivity contribution in [2.45, 2.75) is 38.3 Å². The standard InChI is InChI=1S/C5H18OSi3.C4H11NO3/c1-8(2,3)6-9(4,5)7;5-4(1-6,2-7)3-8/h1-5,7H3;6-8H,1-3,5H2. The van der Waals surface area contributed by atoms with E-state index < -0.39 is 41.5 Å². The molecule has 0 aliphatic heterocycles. The van der Waals surface area contributed by atoms with Crippen molar-refractivity contribution in [2.75, 3.05) is 19.8 Å². The van der Waals surface area contributed by atoms with E-state index in [2.05, 4.69) is 32.7 Å². The highest BCUT2D eigenvalue weighted by Crippen LogP contribution is 2.09. The van der Waals surface area contributed by atoms with Gasteiger partial charge in [-0.3, -0.25) is 0 Å². The number of hydrogen-bond donors (Lipinski definition) is 4. The normalized spacial score (nSPS) is 13.2. The van der Waals surface area contributed by atoms with Crippen LogP contribution in [0.1, 0.15) is 0 Å². The van der Waals surface area contributed by atoms with Crippen LogP contribution < -0.4 is 5.73 Å². The van der Waals surface area contributed by atoms with Crippen molar-refractivity contribution in [2.24, 2.45) is 5.73 Å². The first-order valence-electron chi connectivity index (χ1n) is 5.71. The summed E-state index contributed by atoms with van der Waals surface area (Å²) in [4.78, 5) is 0. The predicted molar refractivity (Wildman–Crippen MR) is 80.0 cm³/mol. The monoisotopic (exact) mass is 299 g/mol. The van der Waals surface area contributed by atoms with Crippen LogP contribution in [0.3, 0.4) is 0 Å². The van der Waals surface area contributed by atoms with Crippen LogP contribution >= 0.6 is 0 Å². The molecule has 0 rings (SSSR count). The van der Waals surface area contributed by atoms with Crippen molar-refractivity contribution in [3.05, 3.63) is 0 Å². The summed E-state index contributed by atoms with van der Waals surface area (Å²) in [5.74, 6) is 0. The van der Waals surface area contributed by atoms with Gasteiger partial charge in [0.25, 0.3) is 0 Å². The highest BCUT2D eigenvalue weighted by Gasteiger charge is 2.23. The third-order valence-corrected chi connectivity index (χ3v) is 8.29. The van der Waals surface area contributed by atoms with Crippen molar-refractivity contribution >= 4 is 25.9 Å². The Hall–Kier alpha value is 0.451. The highest BCUT2D eigenvalue weighted by atomic mass is 29.2. The van der Waals surface area contributed by atoms with Crippen LogP contribution in [0.2, 0.25) is 32.7 Å². The fraction of sp³-hybridized carbons (Fsp3) is 1.00. The van der Waals surface area contributed by atoms with Crippen LogP contribution in [0.5, 0.6) is 0 Å². The molecular formula is C9H29NO4Si3. The maximum Gasteiger partial charge on any atom is 0.170 e. The van der Waals surface area contributed by atoms with Crippen molar-refractivity contribution in [1.82, 2.24) is 0 Å². The van der Waals surface area contributed by atoms with Gasteiger partial charge in [0.2, 0.25) is 0 Å². The molecule has 0 spiro atoms. The Labute approximate surface area is 109 Å². The lowest BCUT2D eigenvalue weighted by atomic mass is 10.1. The average molecular weight is 300 g/mol. The third-order valence-electron chi connectivity index (χ3n) is 1.56. The van der Waals surface area contributed by atoms with Crippen LogP contribution in [0.4, 0.5) is 0 Å². The molecule has 0 aromatic heterocycles. The third kappa shape index (κ3) is 14.4. The van der Waals surface area contributed by atoms with Crippen LogP contribution in [0, 0.1) is 0 Å². The van der Waals surface area contributed by atoms with E-state index in [1.807, 2.05) is 0 Å². The summed E-state index contributed by atoms with van der Waals surface area (Å²) in [6, 6.07) is 0. The van der Waals surface area contributed by atoms with Gasteiger partial charge in [-0.2, -0.15) is 0 Å². The van der Waals surface area contributed by atoms with Crippen LogP contribution in [0.15, 0.2) is 0 Å². The Kier molecular flexibility index (Phi) is 9.07. The zero-order chi connectivity index (χ0) is 14.3. The topological polar surface area (TPSA) is 95.9 Å². The summed E-state index contributed by atoms with van der Waals surface area (Å²) in [6.45, 7) is 10.2. The Bertz CT molecular complexity index is 179. The van der Waals surface area contributed by atoms with Gasteiger partial charge in [0, 0.05) is 9.76 Å². The van der Waals surface area contributed by atoms with Gasteiger partial charge in [0.1, 0.15) is 7.83 Å². The Morgan fingerprint density at radius 1 is 1.00 bits per heavy atom. The second-order valence-corrected chi connectivity index (χ2v) is 22.7. The summed E-state index contributed by atoms with van der Waals surface area (Å²) in [5, 5.41) is 25.0. The molecule has 0 saturated heterocycles. The van der Waals surface area contributed by atoms with Gasteiger partial charge >= 0.3 is 0 Å². The highest BCUT2D eigenvalue weighted by molar-refractivity contribution is 7.14. The van der Waals surface area contributed by atoms with Crippen molar-refractivity contribution in [3.8, 4) is 0 Å². The molecule has 5 nitrogen and oxygen atoms in total. The minimum absolute atomic E-state index is 0.403. The molecule has 0 radical (unpaired) electrons. The largest absolute Gasteiger partial charge is 0.459 e. The van der Waals surface area contributed by atoms with E-state index in [1.165, 1.54) is 9.76 Å². The van der Waals surface area contributed by atoms with Gasteiger partial charge in [0.05, 0.1) is 25.4 Å². The van der Waals surface area contributed by atoms with E-state index >= 15 is 0 Å². The molecule has 5 N–H and O–H groups in total. The molecule has 0 aromatic rings. The molecule has 0 amide bonds. The molecule has 0 heterocycles. The predicted octanol–water partition coefficient (Wildman–Crippen LogP) is -1.43. The summed E-state index contributed by atoms with van der Waals surface area (Å²) in [7, 11) is -1.03. The van der Waals surface area contributed by atoms with Crippen LogP contribution in [-0.4, -0.2) is 66.6 Å². The lowest BCUT2D eigenvalue weighted by Gasteiger charge is -2.28. The van der Waals surface area contributed by atoms with E-state index in [9.17, 15) is 0 Å². The van der Waals surface area contributed by atoms with Gasteiger partial charge in [-0.25, -0.2) is 0 Å². The van der Waals surface area contributed by atoms with Crippen molar-refractivity contribution < 1.29 is 19.4 Å². The molecule has 0 saturated carbocycles. The summed E-state index contributed by atoms with van der Waals surface area (Å²) < 4.78 is 5.96. The zero-order valence-corrected chi connectivity index (χ0v) is 15.9. The molecule has 0 unspecified atom stereocenters. The summed E-state index contributed by atoms with van der Waals surface area (Å²) in [5.41, 5.74) is 3.94. The van der Waals surface area contributed by atoms with E-state index in [4.69, 9.17) is 25.2 Å². The molecule has 17 heavy (non-hydrogen) atoms. The average Bonchev–Trinajstić information content (AvgIpc) is 2.12. The quantitative estimate of drug-likeness (QED) is 0.467. The lowest BCUT2D eigenvalue weighted by molar-refractivity contribution is 0.0698.